The second-order valence-electron chi connectivity index (χ2n) is 7.39. The zero-order valence-corrected chi connectivity index (χ0v) is 38.2. The molecule has 44 heavy (non-hydrogen) atoms. The lowest BCUT2D eigenvalue weighted by atomic mass is 10.3. The zero-order valence-electron chi connectivity index (χ0n) is 21.0. The van der Waals surface area contributed by atoms with Crippen LogP contribution in [0.4, 0.5) is 53.3 Å². The number of rotatable bonds is 9. The lowest BCUT2D eigenvalue weighted by molar-refractivity contribution is -0.385. The predicted molar refractivity (Wildman–Crippen MR) is 210 cm³/mol. The minimum absolute atomic E-state index is 0.0225. The Morgan fingerprint density at radius 3 is 1.32 bits per heavy atom. The van der Waals surface area contributed by atoms with Gasteiger partial charge in [-0.3, -0.25) is 10.1 Å². The van der Waals surface area contributed by atoms with Crippen LogP contribution in [-0.4, -0.2) is 4.92 Å². The summed E-state index contributed by atoms with van der Waals surface area (Å²) in [6.07, 6.45) is 0. The molecule has 2 aromatic carbocycles. The van der Waals surface area contributed by atoms with Gasteiger partial charge in [0.25, 0.3) is 5.69 Å². The molecule has 0 amide bonds. The fourth-order valence-corrected chi connectivity index (χ4v) is 160. The fraction of sp³-hybridized carbons (Fsp3) is 0. The van der Waals surface area contributed by atoms with Crippen LogP contribution in [0.5, 0.6) is 0 Å². The normalized spacial score (nSPS) is 17.2. The Balaban J connectivity index is 0.000000634. The maximum Gasteiger partial charge on any atom is 0.313 e. The third-order valence-electron chi connectivity index (χ3n) is 3.90. The number of nitro groups is 1. The van der Waals surface area contributed by atoms with Gasteiger partial charge in [0.05, 0.1) is 4.92 Å². The summed E-state index contributed by atoms with van der Waals surface area (Å²) in [6.45, 7) is 0.887. The molecule has 0 saturated heterocycles. The topological polar surface area (TPSA) is 43.1 Å². The van der Waals surface area contributed by atoms with Gasteiger partial charge in [-0.25, -0.2) is 8.78 Å². The van der Waals surface area contributed by atoms with E-state index in [1.807, 2.05) is 0 Å². The van der Waals surface area contributed by atoms with Gasteiger partial charge in [0.15, 0.2) is 0 Å². The highest BCUT2D eigenvalue weighted by atomic mass is 33.3. The Hall–Kier alpha value is 4.15. The van der Waals surface area contributed by atoms with E-state index in [0.717, 1.165) is 14.0 Å². The first-order valence-corrected chi connectivity index (χ1v) is 40.3. The van der Waals surface area contributed by atoms with Crippen LogP contribution < -0.4 is 0 Å². The molecule has 32 heteroatoms. The summed E-state index contributed by atoms with van der Waals surface area (Å²) in [4.78, 5) is 3.41. The molecule has 0 aromatic heterocycles. The molecule has 0 spiro atoms. The third kappa shape index (κ3) is 17.1. The molecule has 0 fully saturated rings. The second-order valence-corrected chi connectivity index (χ2v) is 68.1. The van der Waals surface area contributed by atoms with Gasteiger partial charge < -0.3 is 0 Å². The number of nitrogens with zero attached hydrogens (tertiary/aromatic N) is 1. The lowest BCUT2D eigenvalue weighted by Gasteiger charge is -2.40. The molecule has 11 atom stereocenters. The van der Waals surface area contributed by atoms with Gasteiger partial charge in [-0.15, -0.1) is 71.4 Å². The molecular weight excluding hydrogens is 947 g/mol. The van der Waals surface area contributed by atoms with Crippen molar-refractivity contribution in [2.24, 2.45) is 0 Å². The Labute approximate surface area is 272 Å². The van der Waals surface area contributed by atoms with Crippen molar-refractivity contribution in [3.05, 3.63) is 64.2 Å². The van der Waals surface area contributed by atoms with E-state index < -0.39 is 58.6 Å². The zero-order chi connectivity index (χ0) is 35.4. The van der Waals surface area contributed by atoms with Crippen LogP contribution in [0.25, 0.3) is 0 Å². The smallest absolute Gasteiger partial charge is 0.258 e. The molecule has 2 aromatic rings. The van der Waals surface area contributed by atoms with Crippen LogP contribution in [0.3, 0.4) is 0 Å². The van der Waals surface area contributed by atoms with Gasteiger partial charge in [0, 0.05) is 12.1 Å². The van der Waals surface area contributed by atoms with Crippen molar-refractivity contribution in [2.75, 3.05) is 0 Å². The minimum atomic E-state index is -10.2. The van der Waals surface area contributed by atoms with Crippen LogP contribution in [0.2, 0.25) is 0 Å². The number of hydrogen-bond donors (Lipinski definition) is 0. The van der Waals surface area contributed by atoms with E-state index in [9.17, 15) is 57.8 Å². The van der Waals surface area contributed by atoms with Gasteiger partial charge >= 0.3 is 20.4 Å². The van der Waals surface area contributed by atoms with Crippen molar-refractivity contribution >= 4 is 147 Å². The van der Waals surface area contributed by atoms with E-state index in [-0.39, 0.29) is 54.1 Å². The highest BCUT2D eigenvalue weighted by molar-refractivity contribution is 9.28. The molecule has 0 radical (unpaired) electrons. The van der Waals surface area contributed by atoms with Gasteiger partial charge in [-0.1, -0.05) is 58.9 Å². The molecule has 11 unspecified atom stereocenters. The lowest BCUT2D eigenvalue weighted by Crippen LogP contribution is -2.09. The predicted octanol–water partition coefficient (Wildman–Crippen LogP) is 17.2. The number of hydrogen-bond acceptors (Lipinski definition) is 2. The molecule has 0 aliphatic heterocycles. The van der Waals surface area contributed by atoms with Crippen molar-refractivity contribution < 1.29 is 52.6 Å². The standard InChI is InChI=1S/C6H3F6NO2S.C6H4F6S.H17P15/c7-5-2-1-4(13(14)15)3-6(5)16(8,9,10,11)12;7-5-3-1-2-4-6(5)13(8,9,10,11)12;1-9-13(8)15(12(6)7)14(10(2)3)11(4)5/h1-3H;1-4H;9H,1-8H2. The van der Waals surface area contributed by atoms with Crippen LogP contribution in [0, 0.1) is 21.7 Å². The van der Waals surface area contributed by atoms with Gasteiger partial charge in [-0.05, 0) is 60.1 Å². The largest absolute Gasteiger partial charge is 0.313 e. The average Bonchev–Trinajstić information content (AvgIpc) is 2.79. The number of non-ortho nitro benzene ring substituents is 1. The Morgan fingerprint density at radius 1 is 0.636 bits per heavy atom. The van der Waals surface area contributed by atoms with E-state index in [1.165, 1.54) is 0 Å². The second kappa shape index (κ2) is 16.4. The van der Waals surface area contributed by atoms with Gasteiger partial charge in [-0.2, -0.15) is 0 Å². The van der Waals surface area contributed by atoms with Gasteiger partial charge in [0.2, 0.25) is 0 Å². The maximum absolute atomic E-state index is 12.6. The molecule has 2 rings (SSSR count). The summed E-state index contributed by atoms with van der Waals surface area (Å²) >= 11 is 0. The summed E-state index contributed by atoms with van der Waals surface area (Å²) in [5, 5.41) is 10.1. The molecule has 0 N–H and O–H groups in total. The molecular formula is C12H24F12NO2P15S2. The molecule has 3 nitrogen and oxygen atoms in total. The van der Waals surface area contributed by atoms with E-state index >= 15 is 0 Å². The quantitative estimate of drug-likeness (QED) is 0.109. The molecule has 0 heterocycles. The SMILES string of the molecule is Fc1ccccc1S(F)(F)(F)(F)F.O=[N+]([O-])c1ccc(F)c(S(F)(F)(F)(F)F)c1.PPP(P)P(P(P)P)P(P(P)P)P(P)P. The van der Waals surface area contributed by atoms with Crippen molar-refractivity contribution in [3.8, 4) is 0 Å². The molecule has 260 valence electrons. The summed E-state index contributed by atoms with van der Waals surface area (Å²) in [7, 11) is 5.52. The maximum atomic E-state index is 12.6. The van der Waals surface area contributed by atoms with Crippen molar-refractivity contribution in [1.29, 1.82) is 0 Å². The van der Waals surface area contributed by atoms with Crippen LogP contribution >= 0.6 is 142 Å². The summed E-state index contributed by atoms with van der Waals surface area (Å²) < 4.78 is 146. The first-order chi connectivity index (χ1) is 19.1. The Bertz CT molecular complexity index is 1300. The van der Waals surface area contributed by atoms with Crippen molar-refractivity contribution in [2.45, 2.75) is 9.79 Å². The Kier molecular flexibility index (Phi) is 18.0. The molecule has 0 bridgehead atoms. The van der Waals surface area contributed by atoms with E-state index in [1.54, 1.807) is 0 Å². The van der Waals surface area contributed by atoms with Crippen LogP contribution in [-0.2, 0) is 0 Å². The van der Waals surface area contributed by atoms with Crippen molar-refractivity contribution in [1.82, 2.24) is 0 Å². The highest BCUT2D eigenvalue weighted by Gasteiger charge is 2.68. The van der Waals surface area contributed by atoms with Gasteiger partial charge in [0.1, 0.15) is 21.4 Å². The molecule has 0 aliphatic carbocycles. The monoisotopic (exact) mass is 971 g/mol. The van der Waals surface area contributed by atoms with E-state index in [0.29, 0.717) is 18.2 Å². The van der Waals surface area contributed by atoms with E-state index in [2.05, 4.69) is 71.4 Å². The summed E-state index contributed by atoms with van der Waals surface area (Å²) in [6, 6.07) is 1.80. The molecule has 0 aliphatic rings. The first kappa shape index (κ1) is 48.1. The van der Waals surface area contributed by atoms with Crippen molar-refractivity contribution in [3.63, 3.8) is 0 Å². The first-order valence-electron chi connectivity index (χ1n) is 9.80. The Morgan fingerprint density at radius 2 is 1.02 bits per heavy atom. The fourth-order valence-electron chi connectivity index (χ4n) is 2.30. The summed E-state index contributed by atoms with van der Waals surface area (Å²) in [5.74, 6) is -4.20. The van der Waals surface area contributed by atoms with Crippen LogP contribution in [0.1, 0.15) is 0 Å². The summed E-state index contributed by atoms with van der Waals surface area (Å²) in [5.41, 5.74) is -1.26. The van der Waals surface area contributed by atoms with Crippen LogP contribution in [0.15, 0.2) is 52.3 Å². The molecule has 0 saturated carbocycles. The number of halogens is 12. The number of nitro benzene ring substituents is 1. The average molecular weight is 971 g/mol. The minimum Gasteiger partial charge on any atom is -0.258 e. The third-order valence-corrected chi connectivity index (χ3v) is 94.6. The highest BCUT2D eigenvalue weighted by Crippen LogP contribution is 3.22. The van der Waals surface area contributed by atoms with E-state index in [4.69, 9.17) is 0 Å². The number of benzene rings is 2.